The van der Waals surface area contributed by atoms with Gasteiger partial charge in [0.1, 0.15) is 11.5 Å². The van der Waals surface area contributed by atoms with Crippen molar-refractivity contribution >= 4 is 21.0 Å². The molecule has 0 aliphatic carbocycles. The van der Waals surface area contributed by atoms with Gasteiger partial charge in [-0.3, -0.25) is 0 Å². The van der Waals surface area contributed by atoms with Crippen molar-refractivity contribution in [2.75, 3.05) is 32.8 Å². The quantitative estimate of drug-likeness (QED) is 0.436. The van der Waals surface area contributed by atoms with Crippen molar-refractivity contribution in [3.63, 3.8) is 0 Å². The van der Waals surface area contributed by atoms with E-state index in [9.17, 15) is 13.2 Å². The van der Waals surface area contributed by atoms with Crippen molar-refractivity contribution < 1.29 is 40.4 Å². The Morgan fingerprint density at radius 2 is 1.48 bits per heavy atom. The van der Waals surface area contributed by atoms with E-state index in [4.69, 9.17) is 27.2 Å². The van der Waals surface area contributed by atoms with Crippen LogP contribution in [0.4, 0.5) is 13.2 Å². The summed E-state index contributed by atoms with van der Waals surface area (Å²) in [6, 6.07) is 4.09. The molecule has 0 atom stereocenters. The Kier molecular flexibility index (Phi) is 7.69. The molecule has 11 heteroatoms. The van der Waals surface area contributed by atoms with Crippen LogP contribution in [0.2, 0.25) is 0 Å². The third-order valence-corrected chi connectivity index (χ3v) is 6.37. The molecule has 0 bridgehead atoms. The molecule has 1 aliphatic rings. The van der Waals surface area contributed by atoms with Crippen LogP contribution >= 0.6 is 0 Å². The lowest BCUT2D eigenvalue weighted by molar-refractivity contribution is -0.0517. The van der Waals surface area contributed by atoms with E-state index in [0.717, 1.165) is 11.5 Å². The van der Waals surface area contributed by atoms with Gasteiger partial charge in [0.25, 0.3) is 0 Å². The zero-order valence-electron chi connectivity index (χ0n) is 13.9. The molecule has 0 N–H and O–H groups in total. The van der Waals surface area contributed by atoms with Crippen LogP contribution in [-0.2, 0) is 21.0 Å². The molecular weight excluding hydrogens is 385 g/mol. The molecule has 0 unspecified atom stereocenters. The van der Waals surface area contributed by atoms with Crippen LogP contribution in [0, 0.1) is 0 Å². The van der Waals surface area contributed by atoms with Crippen LogP contribution in [0.1, 0.15) is 12.8 Å². The van der Waals surface area contributed by atoms with E-state index in [2.05, 4.69) is 6.07 Å². The smallest absolute Gasteiger partial charge is 0.485 e. The standard InChI is InChI=1S/C13H19O3S.CHF3O3S/c1-14-10-6-7-11(17-8-4-5-9-17)13(16-3)12(10)15-2;2-1(3,4)8(5,6)7/h6-7H,4-5,8-9H2,1-3H3;(H,5,6,7)/q+1;/p-1. The molecule has 2 rings (SSSR count). The molecule has 1 aromatic carbocycles. The molecule has 0 spiro atoms. The van der Waals surface area contributed by atoms with E-state index in [0.29, 0.717) is 16.6 Å². The highest BCUT2D eigenvalue weighted by molar-refractivity contribution is 7.97. The van der Waals surface area contributed by atoms with Crippen LogP contribution in [0.5, 0.6) is 17.2 Å². The fourth-order valence-electron chi connectivity index (χ4n) is 2.18. The van der Waals surface area contributed by atoms with Gasteiger partial charge in [-0.2, -0.15) is 13.2 Å². The molecule has 1 fully saturated rings. The predicted octanol–water partition coefficient (Wildman–Crippen LogP) is 2.53. The van der Waals surface area contributed by atoms with Crippen LogP contribution in [-0.4, -0.2) is 51.3 Å². The monoisotopic (exact) mass is 404 g/mol. The fourth-order valence-corrected chi connectivity index (χ4v) is 4.62. The highest BCUT2D eigenvalue weighted by Gasteiger charge is 2.37. The Balaban J connectivity index is 0.000000333. The summed E-state index contributed by atoms with van der Waals surface area (Å²) in [6.45, 7) is 0. The first-order valence-electron chi connectivity index (χ1n) is 7.05. The second-order valence-electron chi connectivity index (χ2n) is 4.84. The summed E-state index contributed by atoms with van der Waals surface area (Å²) in [5, 5.41) is 0. The summed E-state index contributed by atoms with van der Waals surface area (Å²) in [6.07, 6.45) is 2.64. The maximum absolute atomic E-state index is 10.7. The second-order valence-corrected chi connectivity index (χ2v) is 8.45. The number of rotatable bonds is 4. The molecule has 0 amide bonds. The third kappa shape index (κ3) is 5.58. The minimum absolute atomic E-state index is 0.315. The van der Waals surface area contributed by atoms with Crippen molar-refractivity contribution in [2.45, 2.75) is 23.2 Å². The Labute approximate surface area is 147 Å². The van der Waals surface area contributed by atoms with E-state index < -0.39 is 15.6 Å². The summed E-state index contributed by atoms with van der Waals surface area (Å²) in [5.41, 5.74) is -5.65. The SMILES string of the molecule is COc1ccc([S+]2CCCC2)c(OC)c1OC.O=S(=O)([O-])C(F)(F)F. The van der Waals surface area contributed by atoms with Crippen molar-refractivity contribution in [3.8, 4) is 17.2 Å². The predicted molar refractivity (Wildman–Crippen MR) is 86.4 cm³/mol. The summed E-state index contributed by atoms with van der Waals surface area (Å²) in [7, 11) is -0.778. The highest BCUT2D eigenvalue weighted by atomic mass is 32.2. The molecule has 0 saturated carbocycles. The average Bonchev–Trinajstić information content (AvgIpc) is 3.06. The zero-order valence-corrected chi connectivity index (χ0v) is 15.5. The molecule has 0 radical (unpaired) electrons. The molecule has 25 heavy (non-hydrogen) atoms. The Morgan fingerprint density at radius 3 is 1.84 bits per heavy atom. The van der Waals surface area contributed by atoms with Crippen LogP contribution in [0.25, 0.3) is 0 Å². The van der Waals surface area contributed by atoms with Crippen molar-refractivity contribution in [3.05, 3.63) is 12.1 Å². The van der Waals surface area contributed by atoms with Gasteiger partial charge < -0.3 is 18.8 Å². The van der Waals surface area contributed by atoms with Gasteiger partial charge in [0.05, 0.1) is 21.3 Å². The van der Waals surface area contributed by atoms with Crippen LogP contribution < -0.4 is 14.2 Å². The number of alkyl halides is 3. The molecule has 1 saturated heterocycles. The molecule has 144 valence electrons. The molecular formula is C14H19F3O6S2. The number of hydrogen-bond acceptors (Lipinski definition) is 6. The topological polar surface area (TPSA) is 84.9 Å². The molecule has 1 aromatic rings. The first kappa shape index (κ1) is 21.7. The summed E-state index contributed by atoms with van der Waals surface area (Å²) < 4.78 is 75.1. The van der Waals surface area contributed by atoms with E-state index >= 15 is 0 Å². The van der Waals surface area contributed by atoms with Gasteiger partial charge in [0, 0.05) is 17.0 Å². The van der Waals surface area contributed by atoms with Gasteiger partial charge in [-0.25, -0.2) is 8.42 Å². The number of methoxy groups -OCH3 is 3. The Bertz CT molecular complexity index is 670. The van der Waals surface area contributed by atoms with E-state index in [1.54, 1.807) is 21.3 Å². The van der Waals surface area contributed by atoms with E-state index in [1.807, 2.05) is 6.07 Å². The highest BCUT2D eigenvalue weighted by Crippen LogP contribution is 2.43. The number of hydrogen-bond donors (Lipinski definition) is 0. The third-order valence-electron chi connectivity index (χ3n) is 3.29. The lowest BCUT2D eigenvalue weighted by atomic mass is 10.3. The molecule has 1 aliphatic heterocycles. The Morgan fingerprint density at radius 1 is 1.00 bits per heavy atom. The minimum Gasteiger partial charge on any atom is -0.741 e. The average molecular weight is 404 g/mol. The van der Waals surface area contributed by atoms with Crippen LogP contribution in [0.3, 0.4) is 0 Å². The normalized spacial score (nSPS) is 15.3. The van der Waals surface area contributed by atoms with Crippen molar-refractivity contribution in [1.29, 1.82) is 0 Å². The fraction of sp³-hybridized carbons (Fsp3) is 0.571. The molecule has 0 aromatic heterocycles. The van der Waals surface area contributed by atoms with Gasteiger partial charge in [-0.1, -0.05) is 0 Å². The van der Waals surface area contributed by atoms with Gasteiger partial charge in [0.2, 0.25) is 16.4 Å². The molecule has 1 heterocycles. The minimum atomic E-state index is -6.09. The zero-order chi connectivity index (χ0) is 19.3. The van der Waals surface area contributed by atoms with Crippen molar-refractivity contribution in [2.24, 2.45) is 0 Å². The van der Waals surface area contributed by atoms with Crippen LogP contribution in [0.15, 0.2) is 17.0 Å². The Hall–Kier alpha value is -1.33. The number of benzene rings is 1. The summed E-state index contributed by atoms with van der Waals surface area (Å²) >= 11 is 0. The number of halogens is 3. The van der Waals surface area contributed by atoms with Gasteiger partial charge in [-0.05, 0) is 18.9 Å². The number of ether oxygens (including phenoxy) is 3. The van der Waals surface area contributed by atoms with Gasteiger partial charge >= 0.3 is 5.51 Å². The lowest BCUT2D eigenvalue weighted by Gasteiger charge is -2.14. The van der Waals surface area contributed by atoms with Crippen molar-refractivity contribution in [1.82, 2.24) is 0 Å². The second kappa shape index (κ2) is 8.86. The first-order chi connectivity index (χ1) is 11.6. The summed E-state index contributed by atoms with van der Waals surface area (Å²) in [4.78, 5) is 1.28. The lowest BCUT2D eigenvalue weighted by Crippen LogP contribution is -2.21. The largest absolute Gasteiger partial charge is 0.741 e. The molecule has 6 nitrogen and oxygen atoms in total. The van der Waals surface area contributed by atoms with E-state index in [1.165, 1.54) is 29.2 Å². The van der Waals surface area contributed by atoms with E-state index in [-0.39, 0.29) is 0 Å². The summed E-state index contributed by atoms with van der Waals surface area (Å²) in [5.74, 6) is 4.83. The maximum Gasteiger partial charge on any atom is 0.485 e. The van der Waals surface area contributed by atoms with Gasteiger partial charge in [0.15, 0.2) is 15.9 Å². The van der Waals surface area contributed by atoms with Gasteiger partial charge in [-0.15, -0.1) is 0 Å². The maximum atomic E-state index is 10.7. The first-order valence-corrected chi connectivity index (χ1v) is 10.0.